The molecule has 8 nitrogen and oxygen atoms in total. The molecule has 0 atom stereocenters. The van der Waals surface area contributed by atoms with Crippen LogP contribution in [0.25, 0.3) is 33.2 Å². The molecule has 1 aliphatic rings. The molecule has 3 aromatic carbocycles. The summed E-state index contributed by atoms with van der Waals surface area (Å²) in [7, 11) is -0.948. The highest BCUT2D eigenvalue weighted by Crippen LogP contribution is 2.41. The molecule has 11 heteroatoms. The molecule has 0 bridgehead atoms. The van der Waals surface area contributed by atoms with E-state index in [1.807, 2.05) is 0 Å². The first-order chi connectivity index (χ1) is 17.7. The molecule has 0 aliphatic carbocycles. The smallest absolute Gasteiger partial charge is 0.284 e. The summed E-state index contributed by atoms with van der Waals surface area (Å²) in [6, 6.07) is 15.2. The zero-order chi connectivity index (χ0) is 26.3. The van der Waals surface area contributed by atoms with Gasteiger partial charge in [0.05, 0.1) is 24.3 Å². The number of aromatic nitrogens is 1. The summed E-state index contributed by atoms with van der Waals surface area (Å²) in [6.45, 7) is 0.327. The van der Waals surface area contributed by atoms with Gasteiger partial charge in [-0.15, -0.1) is 4.40 Å². The van der Waals surface area contributed by atoms with E-state index in [-0.39, 0.29) is 16.3 Å². The number of methoxy groups -OCH3 is 1. The molecule has 1 fully saturated rings. The van der Waals surface area contributed by atoms with Crippen molar-refractivity contribution < 1.29 is 22.4 Å². The van der Waals surface area contributed by atoms with Gasteiger partial charge in [0.2, 0.25) is 0 Å². The summed E-state index contributed by atoms with van der Waals surface area (Å²) in [5.41, 5.74) is 4.24. The number of sulfonamides is 1. The normalized spacial score (nSPS) is 14.8. The third-order valence-corrected chi connectivity index (χ3v) is 7.69. The Labute approximate surface area is 216 Å². The van der Waals surface area contributed by atoms with E-state index in [0.717, 1.165) is 0 Å². The van der Waals surface area contributed by atoms with Gasteiger partial charge in [-0.2, -0.15) is 8.42 Å². The van der Waals surface area contributed by atoms with E-state index >= 15 is 0 Å². The zero-order valence-electron chi connectivity index (χ0n) is 19.8. The minimum Gasteiger partial charge on any atom is -0.496 e. The molecule has 0 amide bonds. The van der Waals surface area contributed by atoms with Crippen LogP contribution in [0.5, 0.6) is 5.75 Å². The van der Waals surface area contributed by atoms with Crippen molar-refractivity contribution in [3.05, 3.63) is 81.9 Å². The topological polar surface area (TPSA) is 99.0 Å². The molecule has 4 aromatic rings. The van der Waals surface area contributed by atoms with Gasteiger partial charge in [0, 0.05) is 41.1 Å². The maximum atomic E-state index is 13.8. The minimum atomic E-state index is -4.03. The van der Waals surface area contributed by atoms with Crippen LogP contribution in [0.4, 0.5) is 4.39 Å². The second kappa shape index (κ2) is 9.62. The van der Waals surface area contributed by atoms with Gasteiger partial charge in [0.25, 0.3) is 15.6 Å². The lowest BCUT2D eigenvalue weighted by Crippen LogP contribution is -2.18. The van der Waals surface area contributed by atoms with E-state index in [1.165, 1.54) is 42.0 Å². The second-order valence-electron chi connectivity index (χ2n) is 8.40. The Morgan fingerprint density at radius 1 is 1.11 bits per heavy atom. The number of hydrogen-bond donors (Lipinski definition) is 1. The van der Waals surface area contributed by atoms with Crippen molar-refractivity contribution in [3.8, 4) is 28.1 Å². The quantitative estimate of drug-likeness (QED) is 0.394. The minimum absolute atomic E-state index is 0.0631. The number of pyridine rings is 1. The number of ether oxygens (including phenoxy) is 1. The fourth-order valence-corrected chi connectivity index (χ4v) is 5.58. The van der Waals surface area contributed by atoms with Gasteiger partial charge < -0.3 is 9.30 Å². The number of nitrogens with zero attached hydrogens (tertiary/aromatic N) is 2. The number of benzene rings is 3. The lowest BCUT2D eigenvalue weighted by molar-refractivity contribution is 0.122. The Kier molecular flexibility index (Phi) is 6.49. The van der Waals surface area contributed by atoms with Crippen molar-refractivity contribution in [2.24, 2.45) is 11.4 Å². The fraction of sp³-hybridized carbons (Fsp3) is 0.154. The van der Waals surface area contributed by atoms with E-state index in [2.05, 4.69) is 9.88 Å². The third kappa shape index (κ3) is 4.71. The Morgan fingerprint density at radius 2 is 1.92 bits per heavy atom. The summed E-state index contributed by atoms with van der Waals surface area (Å²) in [4.78, 5) is 17.8. The summed E-state index contributed by atoms with van der Waals surface area (Å²) in [5.74, 6) is 0.212. The molecule has 1 saturated heterocycles. The largest absolute Gasteiger partial charge is 0.496 e. The van der Waals surface area contributed by atoms with E-state index in [9.17, 15) is 17.6 Å². The predicted molar refractivity (Wildman–Crippen MR) is 140 cm³/mol. The standard InChI is InChI=1S/C26H21ClFN3O5S/c1-31-25(32)12-16-11-18(37(33,34)30-24-8-9-36-29-24)6-7-19(16)26(31)21-13-22(27)20(14-23(21)35-2)15-4-3-5-17(28)10-15/h3-7,10-14H,8-9H2,1-2H3,(H,29,30). The van der Waals surface area contributed by atoms with Crippen LogP contribution < -0.4 is 15.8 Å². The van der Waals surface area contributed by atoms with Crippen LogP contribution >= 0.6 is 11.6 Å². The van der Waals surface area contributed by atoms with Gasteiger partial charge in [0.15, 0.2) is 0 Å². The summed E-state index contributed by atoms with van der Waals surface area (Å²) < 4.78 is 50.4. The van der Waals surface area contributed by atoms with E-state index in [4.69, 9.17) is 21.2 Å². The average molecular weight is 542 g/mol. The Hall–Kier alpha value is -3.73. The molecule has 1 aliphatic heterocycles. The summed E-state index contributed by atoms with van der Waals surface area (Å²) in [5, 5.41) is 1.33. The number of fused-ring (bicyclic) bond motifs is 1. The van der Waals surface area contributed by atoms with Gasteiger partial charge in [-0.05, 0) is 47.3 Å². The molecule has 37 heavy (non-hydrogen) atoms. The molecular formula is C26H21ClFN3O5S. The van der Waals surface area contributed by atoms with Crippen LogP contribution in [-0.2, 0) is 21.9 Å². The molecule has 2 heterocycles. The molecule has 0 spiro atoms. The van der Waals surface area contributed by atoms with E-state index in [1.54, 1.807) is 37.4 Å². The van der Waals surface area contributed by atoms with Crippen LogP contribution in [0.2, 0.25) is 5.02 Å². The number of rotatable bonds is 5. The Bertz CT molecular complexity index is 1740. The molecule has 1 aromatic heterocycles. The first kappa shape index (κ1) is 24.9. The van der Waals surface area contributed by atoms with Gasteiger partial charge >= 0.3 is 0 Å². The van der Waals surface area contributed by atoms with Crippen LogP contribution in [0, 0.1) is 5.82 Å². The Morgan fingerprint density at radius 3 is 2.62 bits per heavy atom. The highest BCUT2D eigenvalue weighted by molar-refractivity contribution is 7.90. The number of nitrogens with one attached hydrogen (secondary N) is 1. The van der Waals surface area contributed by atoms with Crippen molar-refractivity contribution in [2.45, 2.75) is 11.3 Å². The van der Waals surface area contributed by atoms with Crippen LogP contribution in [-0.4, -0.2) is 32.5 Å². The van der Waals surface area contributed by atoms with Crippen molar-refractivity contribution in [1.82, 2.24) is 10.0 Å². The van der Waals surface area contributed by atoms with Crippen molar-refractivity contribution in [1.29, 1.82) is 0 Å². The average Bonchev–Trinajstić information content (AvgIpc) is 3.37. The molecular weight excluding hydrogens is 521 g/mol. The summed E-state index contributed by atoms with van der Waals surface area (Å²) in [6.07, 6.45) is 0.351. The number of hydroxylamine groups is 1. The maximum Gasteiger partial charge on any atom is 0.284 e. The third-order valence-electron chi connectivity index (χ3n) is 6.06. The monoisotopic (exact) mass is 541 g/mol. The number of halogens is 2. The first-order valence-electron chi connectivity index (χ1n) is 11.2. The molecule has 1 N–H and O–H groups in total. The van der Waals surface area contributed by atoms with Crippen molar-refractivity contribution in [2.75, 3.05) is 13.7 Å². The van der Waals surface area contributed by atoms with Crippen LogP contribution in [0.1, 0.15) is 6.42 Å². The van der Waals surface area contributed by atoms with Gasteiger partial charge in [0.1, 0.15) is 17.4 Å². The zero-order valence-corrected chi connectivity index (χ0v) is 21.4. The maximum absolute atomic E-state index is 13.8. The summed E-state index contributed by atoms with van der Waals surface area (Å²) >= 11 is 6.63. The molecule has 0 unspecified atom stereocenters. The molecule has 190 valence electrons. The van der Waals surface area contributed by atoms with E-state index in [0.29, 0.717) is 57.0 Å². The number of amidine groups is 1. The molecule has 5 rings (SSSR count). The van der Waals surface area contributed by atoms with Crippen molar-refractivity contribution >= 4 is 38.2 Å². The van der Waals surface area contributed by atoms with Gasteiger partial charge in [-0.3, -0.25) is 15.1 Å². The van der Waals surface area contributed by atoms with Gasteiger partial charge in [-0.1, -0.05) is 29.8 Å². The molecule has 0 radical (unpaired) electrons. The molecule has 0 saturated carbocycles. The van der Waals surface area contributed by atoms with Crippen LogP contribution in [0.15, 0.2) is 74.8 Å². The van der Waals surface area contributed by atoms with Crippen molar-refractivity contribution in [3.63, 3.8) is 0 Å². The second-order valence-corrected chi connectivity index (χ2v) is 10.4. The lowest BCUT2D eigenvalue weighted by atomic mass is 9.98. The number of hydrogen-bond acceptors (Lipinski definition) is 5. The van der Waals surface area contributed by atoms with Crippen LogP contribution in [0.3, 0.4) is 0 Å². The highest BCUT2D eigenvalue weighted by Gasteiger charge is 2.21. The Balaban J connectivity index is 1.69. The van der Waals surface area contributed by atoms with E-state index < -0.39 is 15.8 Å². The van der Waals surface area contributed by atoms with Gasteiger partial charge in [-0.25, -0.2) is 4.39 Å². The SMILES string of the molecule is COc1cc(-c2cccc(F)c2)c(Cl)cc1-c1c2ccc(S(=O)(=O)/N=C3/CCON3)cc2cc(=O)n1C. The first-order valence-corrected chi connectivity index (χ1v) is 13.0. The predicted octanol–water partition coefficient (Wildman–Crippen LogP) is 4.69. The fourth-order valence-electron chi connectivity index (χ4n) is 4.26. The lowest BCUT2D eigenvalue weighted by Gasteiger charge is -2.18. The highest BCUT2D eigenvalue weighted by atomic mass is 35.5.